The van der Waals surface area contributed by atoms with Gasteiger partial charge in [0.05, 0.1) is 5.52 Å². The standard InChI is InChI=1S/C16H21N5O/c1-2-7-17-16(22)21-10-8-20(9-11-21)15-13-5-3-4-6-14(13)18-12-19-15/h3-6,12H,2,7-11H2,1H3,(H,17,22). The molecule has 2 aromatic rings. The van der Waals surface area contributed by atoms with Gasteiger partial charge < -0.3 is 15.1 Å². The first-order chi connectivity index (χ1) is 10.8. The lowest BCUT2D eigenvalue weighted by atomic mass is 10.2. The number of hydrogen-bond donors (Lipinski definition) is 1. The molecule has 1 N–H and O–H groups in total. The molecule has 0 atom stereocenters. The van der Waals surface area contributed by atoms with Gasteiger partial charge in [-0.1, -0.05) is 19.1 Å². The Labute approximate surface area is 130 Å². The van der Waals surface area contributed by atoms with Crippen LogP contribution in [0.5, 0.6) is 0 Å². The van der Waals surface area contributed by atoms with Gasteiger partial charge in [0.25, 0.3) is 0 Å². The zero-order valence-corrected chi connectivity index (χ0v) is 12.8. The molecule has 0 radical (unpaired) electrons. The monoisotopic (exact) mass is 299 g/mol. The molecular formula is C16H21N5O. The second kappa shape index (κ2) is 6.60. The molecule has 2 amide bonds. The van der Waals surface area contributed by atoms with E-state index in [1.807, 2.05) is 29.2 Å². The molecule has 0 spiro atoms. The molecule has 22 heavy (non-hydrogen) atoms. The average molecular weight is 299 g/mol. The molecule has 3 rings (SSSR count). The summed E-state index contributed by atoms with van der Waals surface area (Å²) in [6.07, 6.45) is 2.57. The highest BCUT2D eigenvalue weighted by Crippen LogP contribution is 2.23. The second-order valence-electron chi connectivity index (χ2n) is 5.42. The van der Waals surface area contributed by atoms with Crippen LogP contribution >= 0.6 is 0 Å². The van der Waals surface area contributed by atoms with E-state index in [0.717, 1.165) is 42.8 Å². The molecule has 1 aromatic carbocycles. The van der Waals surface area contributed by atoms with E-state index in [9.17, 15) is 4.79 Å². The molecule has 6 nitrogen and oxygen atoms in total. The highest BCUT2D eigenvalue weighted by atomic mass is 16.2. The maximum absolute atomic E-state index is 12.0. The van der Waals surface area contributed by atoms with Crippen molar-refractivity contribution in [3.63, 3.8) is 0 Å². The normalized spacial score (nSPS) is 15.1. The minimum absolute atomic E-state index is 0.0362. The van der Waals surface area contributed by atoms with Crippen LogP contribution in [0, 0.1) is 0 Å². The average Bonchev–Trinajstić information content (AvgIpc) is 2.59. The fraction of sp³-hybridized carbons (Fsp3) is 0.438. The number of rotatable bonds is 3. The molecule has 0 unspecified atom stereocenters. The van der Waals surface area contributed by atoms with Gasteiger partial charge in [-0.15, -0.1) is 0 Å². The van der Waals surface area contributed by atoms with E-state index in [1.165, 1.54) is 0 Å². The quantitative estimate of drug-likeness (QED) is 0.940. The Morgan fingerprint density at radius 2 is 1.95 bits per heavy atom. The molecule has 116 valence electrons. The number of para-hydroxylation sites is 1. The van der Waals surface area contributed by atoms with Crippen molar-refractivity contribution in [2.45, 2.75) is 13.3 Å². The summed E-state index contributed by atoms with van der Waals surface area (Å²) in [4.78, 5) is 24.8. The van der Waals surface area contributed by atoms with Gasteiger partial charge in [0.2, 0.25) is 0 Å². The smallest absolute Gasteiger partial charge is 0.317 e. The Balaban J connectivity index is 1.69. The first-order valence-corrected chi connectivity index (χ1v) is 7.77. The van der Waals surface area contributed by atoms with Crippen LogP contribution in [-0.2, 0) is 0 Å². The van der Waals surface area contributed by atoms with Crippen molar-refractivity contribution >= 4 is 22.8 Å². The number of benzene rings is 1. The summed E-state index contributed by atoms with van der Waals surface area (Å²) in [6, 6.07) is 8.06. The number of anilines is 1. The molecule has 1 saturated heterocycles. The number of aromatic nitrogens is 2. The van der Waals surface area contributed by atoms with Crippen molar-refractivity contribution in [3.8, 4) is 0 Å². The van der Waals surface area contributed by atoms with E-state index in [1.54, 1.807) is 6.33 Å². The Bertz CT molecular complexity index is 647. The number of carbonyl (C=O) groups is 1. The molecule has 2 heterocycles. The largest absolute Gasteiger partial charge is 0.352 e. The van der Waals surface area contributed by atoms with Crippen LogP contribution in [0.3, 0.4) is 0 Å². The van der Waals surface area contributed by atoms with Crippen LogP contribution in [0.1, 0.15) is 13.3 Å². The summed E-state index contributed by atoms with van der Waals surface area (Å²) < 4.78 is 0. The molecule has 0 aliphatic carbocycles. The second-order valence-corrected chi connectivity index (χ2v) is 5.42. The predicted molar refractivity (Wildman–Crippen MR) is 87.0 cm³/mol. The van der Waals surface area contributed by atoms with Crippen molar-refractivity contribution in [2.24, 2.45) is 0 Å². The fourth-order valence-electron chi connectivity index (χ4n) is 2.71. The summed E-state index contributed by atoms with van der Waals surface area (Å²) in [6.45, 7) is 5.80. The van der Waals surface area contributed by atoms with Gasteiger partial charge in [-0.2, -0.15) is 0 Å². The highest BCUT2D eigenvalue weighted by molar-refractivity contribution is 5.89. The van der Waals surface area contributed by atoms with Gasteiger partial charge in [-0.25, -0.2) is 14.8 Å². The van der Waals surface area contributed by atoms with Crippen molar-refractivity contribution in [1.29, 1.82) is 0 Å². The molecule has 0 bridgehead atoms. The molecular weight excluding hydrogens is 278 g/mol. The van der Waals surface area contributed by atoms with Crippen molar-refractivity contribution in [3.05, 3.63) is 30.6 Å². The van der Waals surface area contributed by atoms with Gasteiger partial charge in [0, 0.05) is 38.1 Å². The number of piperazine rings is 1. The number of nitrogens with one attached hydrogen (secondary N) is 1. The third-order valence-electron chi connectivity index (χ3n) is 3.91. The zero-order chi connectivity index (χ0) is 15.4. The van der Waals surface area contributed by atoms with E-state index in [4.69, 9.17) is 0 Å². The summed E-state index contributed by atoms with van der Waals surface area (Å²) in [5.41, 5.74) is 0.954. The summed E-state index contributed by atoms with van der Waals surface area (Å²) in [7, 11) is 0. The van der Waals surface area contributed by atoms with E-state index in [0.29, 0.717) is 13.1 Å². The number of hydrogen-bond acceptors (Lipinski definition) is 4. The summed E-state index contributed by atoms with van der Waals surface area (Å²) in [5.74, 6) is 0.958. The Kier molecular flexibility index (Phi) is 4.37. The van der Waals surface area contributed by atoms with E-state index >= 15 is 0 Å². The van der Waals surface area contributed by atoms with Gasteiger partial charge in [-0.05, 0) is 18.6 Å². The van der Waals surface area contributed by atoms with Gasteiger partial charge in [-0.3, -0.25) is 0 Å². The van der Waals surface area contributed by atoms with Crippen LogP contribution in [0.4, 0.5) is 10.6 Å². The Hall–Kier alpha value is -2.37. The topological polar surface area (TPSA) is 61.4 Å². The fourth-order valence-corrected chi connectivity index (χ4v) is 2.71. The minimum Gasteiger partial charge on any atom is -0.352 e. The van der Waals surface area contributed by atoms with E-state index in [2.05, 4.69) is 27.1 Å². The van der Waals surface area contributed by atoms with Crippen molar-refractivity contribution < 1.29 is 4.79 Å². The number of carbonyl (C=O) groups excluding carboxylic acids is 1. The van der Waals surface area contributed by atoms with E-state index < -0.39 is 0 Å². The molecule has 0 saturated carbocycles. The van der Waals surface area contributed by atoms with Crippen molar-refractivity contribution in [1.82, 2.24) is 20.2 Å². The summed E-state index contributed by atoms with van der Waals surface area (Å²) in [5, 5.41) is 3.99. The maximum atomic E-state index is 12.0. The number of urea groups is 1. The molecule has 1 aromatic heterocycles. The number of amides is 2. The highest BCUT2D eigenvalue weighted by Gasteiger charge is 2.22. The Morgan fingerprint density at radius 3 is 2.73 bits per heavy atom. The lowest BCUT2D eigenvalue weighted by Crippen LogP contribution is -2.52. The number of fused-ring (bicyclic) bond motifs is 1. The van der Waals surface area contributed by atoms with Gasteiger partial charge in [0.15, 0.2) is 0 Å². The van der Waals surface area contributed by atoms with Crippen LogP contribution in [0.25, 0.3) is 10.9 Å². The first-order valence-electron chi connectivity index (χ1n) is 7.77. The molecule has 1 aliphatic rings. The molecule has 1 fully saturated rings. The SMILES string of the molecule is CCCNC(=O)N1CCN(c2ncnc3ccccc23)CC1. The zero-order valence-electron chi connectivity index (χ0n) is 12.8. The third kappa shape index (κ3) is 2.95. The molecule has 6 heteroatoms. The first kappa shape index (κ1) is 14.6. The van der Waals surface area contributed by atoms with E-state index in [-0.39, 0.29) is 6.03 Å². The lowest BCUT2D eigenvalue weighted by molar-refractivity contribution is 0.194. The van der Waals surface area contributed by atoms with Crippen LogP contribution in [0.2, 0.25) is 0 Å². The van der Waals surface area contributed by atoms with Crippen LogP contribution < -0.4 is 10.2 Å². The van der Waals surface area contributed by atoms with Gasteiger partial charge in [0.1, 0.15) is 12.1 Å². The maximum Gasteiger partial charge on any atom is 0.317 e. The summed E-state index contributed by atoms with van der Waals surface area (Å²) >= 11 is 0. The van der Waals surface area contributed by atoms with Crippen LogP contribution in [0.15, 0.2) is 30.6 Å². The van der Waals surface area contributed by atoms with Crippen LogP contribution in [-0.4, -0.2) is 53.6 Å². The number of nitrogens with zero attached hydrogens (tertiary/aromatic N) is 4. The predicted octanol–water partition coefficient (Wildman–Crippen LogP) is 1.87. The minimum atomic E-state index is 0.0362. The lowest BCUT2D eigenvalue weighted by Gasteiger charge is -2.35. The van der Waals surface area contributed by atoms with Crippen molar-refractivity contribution in [2.75, 3.05) is 37.6 Å². The molecule has 1 aliphatic heterocycles. The third-order valence-corrected chi connectivity index (χ3v) is 3.91. The Morgan fingerprint density at radius 1 is 1.18 bits per heavy atom. The van der Waals surface area contributed by atoms with Gasteiger partial charge >= 0.3 is 6.03 Å².